The molecule has 1 nitrogen and oxygen atoms in total. The molecule has 1 aromatic carbocycles. The van der Waals surface area contributed by atoms with E-state index in [0.29, 0.717) is 15.5 Å². The van der Waals surface area contributed by atoms with Crippen molar-refractivity contribution >= 4 is 49.9 Å². The number of aromatic nitrogens is 1. The van der Waals surface area contributed by atoms with Crippen molar-refractivity contribution in [2.45, 2.75) is 5.33 Å². The molecule has 0 radical (unpaired) electrons. The average Bonchev–Trinajstić information content (AvgIpc) is 2.19. The molecule has 0 amide bonds. The smallest absolute Gasteiger partial charge is 0.137 e. The summed E-state index contributed by atoms with van der Waals surface area (Å²) in [5, 5.41) is 3.82. The molecule has 0 aliphatic rings. The molecule has 1 heterocycles. The fraction of sp³-hybridized carbons (Fsp3) is 0.100. The molecule has 14 heavy (non-hydrogen) atoms. The van der Waals surface area contributed by atoms with Gasteiger partial charge in [-0.3, -0.25) is 0 Å². The summed E-state index contributed by atoms with van der Waals surface area (Å²) < 4.78 is 0. The third-order valence-electron chi connectivity index (χ3n) is 1.94. The summed E-state index contributed by atoms with van der Waals surface area (Å²) in [6.07, 6.45) is 0. The summed E-state index contributed by atoms with van der Waals surface area (Å²) in [5.41, 5.74) is 0.921. The maximum Gasteiger partial charge on any atom is 0.137 e. The lowest BCUT2D eigenvalue weighted by Crippen LogP contribution is -1.87. The molecule has 0 aliphatic heterocycles. The van der Waals surface area contributed by atoms with Crippen LogP contribution in [-0.4, -0.2) is 4.98 Å². The molecule has 4 heteroatoms. The van der Waals surface area contributed by atoms with E-state index in [-0.39, 0.29) is 0 Å². The lowest BCUT2D eigenvalue weighted by Gasteiger charge is -2.03. The zero-order valence-electron chi connectivity index (χ0n) is 7.10. The van der Waals surface area contributed by atoms with Gasteiger partial charge < -0.3 is 0 Å². The highest BCUT2D eigenvalue weighted by atomic mass is 79.9. The molecule has 0 N–H and O–H groups in total. The first kappa shape index (κ1) is 10.2. The minimum atomic E-state index is 0.499. The van der Waals surface area contributed by atoms with Crippen LogP contribution in [0.25, 0.3) is 10.8 Å². The SMILES string of the molecule is Clc1ccc2cc(CBr)nc(Cl)c2c1. The molecular formula is C10H6BrCl2N. The van der Waals surface area contributed by atoms with Crippen molar-refractivity contribution in [1.29, 1.82) is 0 Å². The second-order valence-corrected chi connectivity index (χ2v) is 4.26. The number of pyridine rings is 1. The minimum absolute atomic E-state index is 0.499. The van der Waals surface area contributed by atoms with Crippen molar-refractivity contribution in [2.24, 2.45) is 0 Å². The van der Waals surface area contributed by atoms with Gasteiger partial charge in [-0.15, -0.1) is 0 Å². The van der Waals surface area contributed by atoms with Crippen LogP contribution in [0.4, 0.5) is 0 Å². The maximum atomic E-state index is 6.02. The number of fused-ring (bicyclic) bond motifs is 1. The average molecular weight is 291 g/mol. The van der Waals surface area contributed by atoms with Crippen LogP contribution < -0.4 is 0 Å². The van der Waals surface area contributed by atoms with Crippen molar-refractivity contribution in [2.75, 3.05) is 0 Å². The Morgan fingerprint density at radius 1 is 1.21 bits per heavy atom. The van der Waals surface area contributed by atoms with Crippen LogP contribution in [0.1, 0.15) is 5.69 Å². The predicted octanol–water partition coefficient (Wildman–Crippen LogP) is 4.44. The fourth-order valence-corrected chi connectivity index (χ4v) is 2.03. The Bertz CT molecular complexity index is 485. The highest BCUT2D eigenvalue weighted by molar-refractivity contribution is 9.08. The Morgan fingerprint density at radius 2 is 2.00 bits per heavy atom. The second kappa shape index (κ2) is 4.05. The summed E-state index contributed by atoms with van der Waals surface area (Å²) in [7, 11) is 0. The number of benzene rings is 1. The Hall–Kier alpha value is -0.310. The molecule has 0 bridgehead atoms. The number of halogens is 3. The van der Waals surface area contributed by atoms with E-state index in [4.69, 9.17) is 23.2 Å². The number of nitrogens with zero attached hydrogens (tertiary/aromatic N) is 1. The third kappa shape index (κ3) is 1.88. The molecule has 2 rings (SSSR count). The van der Waals surface area contributed by atoms with E-state index in [0.717, 1.165) is 16.5 Å². The van der Waals surface area contributed by atoms with E-state index >= 15 is 0 Å². The van der Waals surface area contributed by atoms with Gasteiger partial charge in [0.05, 0.1) is 5.69 Å². The van der Waals surface area contributed by atoms with Gasteiger partial charge in [-0.1, -0.05) is 45.2 Å². The van der Waals surface area contributed by atoms with Gasteiger partial charge in [-0.05, 0) is 23.6 Å². The molecule has 0 saturated carbocycles. The van der Waals surface area contributed by atoms with Gasteiger partial charge in [0.1, 0.15) is 5.15 Å². The van der Waals surface area contributed by atoms with Gasteiger partial charge in [0, 0.05) is 15.7 Å². The molecule has 0 aliphatic carbocycles. The van der Waals surface area contributed by atoms with E-state index < -0.39 is 0 Å². The Kier molecular flexibility index (Phi) is 2.96. The van der Waals surface area contributed by atoms with Gasteiger partial charge in [-0.2, -0.15) is 0 Å². The Morgan fingerprint density at radius 3 is 2.71 bits per heavy atom. The predicted molar refractivity (Wildman–Crippen MR) is 64.4 cm³/mol. The number of rotatable bonds is 1. The topological polar surface area (TPSA) is 12.9 Å². The van der Waals surface area contributed by atoms with Crippen LogP contribution in [0.15, 0.2) is 24.3 Å². The molecule has 0 saturated heterocycles. The van der Waals surface area contributed by atoms with Crippen molar-refractivity contribution < 1.29 is 0 Å². The fourth-order valence-electron chi connectivity index (χ4n) is 1.30. The quantitative estimate of drug-likeness (QED) is 0.559. The van der Waals surface area contributed by atoms with Crippen molar-refractivity contribution in [3.63, 3.8) is 0 Å². The van der Waals surface area contributed by atoms with Crippen LogP contribution >= 0.6 is 39.1 Å². The van der Waals surface area contributed by atoms with Gasteiger partial charge in [-0.25, -0.2) is 4.98 Å². The summed E-state index contributed by atoms with van der Waals surface area (Å²) in [6, 6.07) is 7.60. The first-order valence-corrected chi connectivity index (χ1v) is 5.89. The lowest BCUT2D eigenvalue weighted by molar-refractivity contribution is 1.21. The van der Waals surface area contributed by atoms with Crippen molar-refractivity contribution in [3.8, 4) is 0 Å². The van der Waals surface area contributed by atoms with Gasteiger partial charge in [0.15, 0.2) is 0 Å². The van der Waals surface area contributed by atoms with Crippen LogP contribution in [0, 0.1) is 0 Å². The summed E-state index contributed by atoms with van der Waals surface area (Å²) in [5.74, 6) is 0. The first-order valence-electron chi connectivity index (χ1n) is 4.01. The normalized spacial score (nSPS) is 10.8. The van der Waals surface area contributed by atoms with E-state index in [2.05, 4.69) is 20.9 Å². The van der Waals surface area contributed by atoms with E-state index in [9.17, 15) is 0 Å². The van der Waals surface area contributed by atoms with Crippen LogP contribution in [0.5, 0.6) is 0 Å². The monoisotopic (exact) mass is 289 g/mol. The Balaban J connectivity index is 2.76. The summed E-state index contributed by atoms with van der Waals surface area (Å²) >= 11 is 15.2. The zero-order chi connectivity index (χ0) is 10.1. The first-order chi connectivity index (χ1) is 6.70. The highest BCUT2D eigenvalue weighted by Gasteiger charge is 2.03. The van der Waals surface area contributed by atoms with Gasteiger partial charge in [0.25, 0.3) is 0 Å². The number of hydrogen-bond donors (Lipinski definition) is 0. The van der Waals surface area contributed by atoms with E-state index in [1.54, 1.807) is 0 Å². The lowest BCUT2D eigenvalue weighted by atomic mass is 10.1. The highest BCUT2D eigenvalue weighted by Crippen LogP contribution is 2.26. The number of alkyl halides is 1. The molecular weight excluding hydrogens is 285 g/mol. The maximum absolute atomic E-state index is 6.02. The third-order valence-corrected chi connectivity index (χ3v) is 3.04. The molecule has 0 fully saturated rings. The molecule has 2 aromatic rings. The van der Waals surface area contributed by atoms with E-state index in [1.165, 1.54) is 0 Å². The minimum Gasteiger partial charge on any atom is -0.240 e. The molecule has 1 aromatic heterocycles. The van der Waals surface area contributed by atoms with Gasteiger partial charge in [0.2, 0.25) is 0 Å². The Labute approximate surface area is 100 Å². The molecule has 0 unspecified atom stereocenters. The zero-order valence-corrected chi connectivity index (χ0v) is 10.2. The summed E-state index contributed by atoms with van der Waals surface area (Å²) in [4.78, 5) is 4.22. The second-order valence-electron chi connectivity index (χ2n) is 2.90. The molecule has 72 valence electrons. The summed E-state index contributed by atoms with van der Waals surface area (Å²) in [6.45, 7) is 0. The van der Waals surface area contributed by atoms with Crippen LogP contribution in [0.2, 0.25) is 10.2 Å². The molecule has 0 spiro atoms. The van der Waals surface area contributed by atoms with Gasteiger partial charge >= 0.3 is 0 Å². The molecule has 0 atom stereocenters. The van der Waals surface area contributed by atoms with Crippen molar-refractivity contribution in [1.82, 2.24) is 4.98 Å². The van der Waals surface area contributed by atoms with Crippen LogP contribution in [-0.2, 0) is 5.33 Å². The number of hydrogen-bond acceptors (Lipinski definition) is 1. The van der Waals surface area contributed by atoms with E-state index in [1.807, 2.05) is 24.3 Å². The standard InChI is InChI=1S/C10H6BrCl2N/c11-5-8-3-6-1-2-7(12)4-9(6)10(13)14-8/h1-4H,5H2. The van der Waals surface area contributed by atoms with Crippen LogP contribution in [0.3, 0.4) is 0 Å². The largest absolute Gasteiger partial charge is 0.240 e. The van der Waals surface area contributed by atoms with Crippen molar-refractivity contribution in [3.05, 3.63) is 40.1 Å².